The summed E-state index contributed by atoms with van der Waals surface area (Å²) in [4.78, 5) is 17.6. The minimum Gasteiger partial charge on any atom is -0.461 e. The van der Waals surface area contributed by atoms with Gasteiger partial charge in [-0.15, -0.1) is 11.3 Å². The molecule has 1 aliphatic heterocycles. The van der Waals surface area contributed by atoms with Crippen molar-refractivity contribution in [3.63, 3.8) is 0 Å². The number of carbonyl (C=O) groups is 1. The summed E-state index contributed by atoms with van der Waals surface area (Å²) in [6.07, 6.45) is 1.23. The highest BCUT2D eigenvalue weighted by molar-refractivity contribution is 8.01. The summed E-state index contributed by atoms with van der Waals surface area (Å²) >= 11 is 2.88. The van der Waals surface area contributed by atoms with Crippen LogP contribution in [0.2, 0.25) is 0 Å². The van der Waals surface area contributed by atoms with Crippen LogP contribution in [0.1, 0.15) is 17.4 Å². The zero-order valence-corrected chi connectivity index (χ0v) is 13.7. The fraction of sp³-hybridized carbons (Fsp3) is 0.636. The highest BCUT2D eigenvalue weighted by atomic mass is 32.2. The molecule has 1 aromatic heterocycles. The molecule has 1 unspecified atom stereocenters. The van der Waals surface area contributed by atoms with Crippen LogP contribution in [-0.2, 0) is 14.6 Å². The fourth-order valence-electron chi connectivity index (χ4n) is 1.85. The maximum absolute atomic E-state index is 11.8. The smallest absolute Gasteiger partial charge is 0.357 e. The Morgan fingerprint density at radius 2 is 2.35 bits per heavy atom. The van der Waals surface area contributed by atoms with Crippen molar-refractivity contribution >= 4 is 44.0 Å². The van der Waals surface area contributed by atoms with Crippen LogP contribution in [0.15, 0.2) is 5.38 Å². The highest BCUT2D eigenvalue weighted by Crippen LogP contribution is 2.29. The minimum absolute atomic E-state index is 0.234. The maximum Gasteiger partial charge on any atom is 0.357 e. The van der Waals surface area contributed by atoms with Gasteiger partial charge < -0.3 is 9.64 Å². The molecule has 0 saturated carbocycles. The quantitative estimate of drug-likeness (QED) is 0.766. The van der Waals surface area contributed by atoms with E-state index in [1.165, 1.54) is 17.6 Å². The van der Waals surface area contributed by atoms with Crippen molar-refractivity contribution in [3.05, 3.63) is 11.1 Å². The lowest BCUT2D eigenvalue weighted by Crippen LogP contribution is -2.47. The van der Waals surface area contributed by atoms with Crippen LogP contribution in [0.5, 0.6) is 0 Å². The molecule has 0 bridgehead atoms. The second-order valence-electron chi connectivity index (χ2n) is 4.29. The molecule has 9 heteroatoms. The summed E-state index contributed by atoms with van der Waals surface area (Å²) < 4.78 is 28.6. The van der Waals surface area contributed by atoms with Gasteiger partial charge in [0.25, 0.3) is 0 Å². The van der Waals surface area contributed by atoms with E-state index in [1.807, 2.05) is 0 Å². The lowest BCUT2D eigenvalue weighted by Gasteiger charge is -2.33. The molecule has 0 radical (unpaired) electrons. The normalized spacial score (nSPS) is 19.9. The Balaban J connectivity index is 2.23. The highest BCUT2D eigenvalue weighted by Gasteiger charge is 2.33. The number of carbonyl (C=O) groups excluding carboxylic acids is 1. The Hall–Kier alpha value is -0.800. The molecule has 0 aromatic carbocycles. The van der Waals surface area contributed by atoms with E-state index in [0.29, 0.717) is 17.4 Å². The van der Waals surface area contributed by atoms with Crippen LogP contribution >= 0.6 is 23.1 Å². The number of anilines is 1. The van der Waals surface area contributed by atoms with Gasteiger partial charge in [0, 0.05) is 29.7 Å². The third-order valence-electron chi connectivity index (χ3n) is 2.80. The zero-order valence-electron chi connectivity index (χ0n) is 11.2. The Morgan fingerprint density at radius 1 is 1.60 bits per heavy atom. The van der Waals surface area contributed by atoms with Gasteiger partial charge >= 0.3 is 5.97 Å². The van der Waals surface area contributed by atoms with E-state index in [9.17, 15) is 13.2 Å². The van der Waals surface area contributed by atoms with Crippen molar-refractivity contribution < 1.29 is 17.9 Å². The van der Waals surface area contributed by atoms with Gasteiger partial charge in [-0.2, -0.15) is 11.8 Å². The van der Waals surface area contributed by atoms with Gasteiger partial charge in [-0.3, -0.25) is 0 Å². The number of hydrogen-bond donors (Lipinski definition) is 0. The molecular formula is C11H16N2O4S3. The molecule has 20 heavy (non-hydrogen) atoms. The Morgan fingerprint density at radius 3 is 3.00 bits per heavy atom. The SMILES string of the molecule is CCOC(=O)c1csc(N2CCSCC2S(C)(=O)=O)n1. The third-order valence-corrected chi connectivity index (χ3v) is 6.32. The van der Waals surface area contributed by atoms with E-state index >= 15 is 0 Å². The van der Waals surface area contributed by atoms with E-state index < -0.39 is 21.2 Å². The fourth-order valence-corrected chi connectivity index (χ4v) is 5.61. The summed E-state index contributed by atoms with van der Waals surface area (Å²) in [6.45, 7) is 2.63. The topological polar surface area (TPSA) is 76.6 Å². The van der Waals surface area contributed by atoms with Crippen molar-refractivity contribution in [3.8, 4) is 0 Å². The summed E-state index contributed by atoms with van der Waals surface area (Å²) in [5.41, 5.74) is 0.234. The second kappa shape index (κ2) is 6.31. The molecule has 2 rings (SSSR count). The number of hydrogen-bond acceptors (Lipinski definition) is 8. The summed E-state index contributed by atoms with van der Waals surface area (Å²) in [5.74, 6) is 0.894. The van der Waals surface area contributed by atoms with Crippen molar-refractivity contribution in [1.29, 1.82) is 0 Å². The van der Waals surface area contributed by atoms with E-state index in [2.05, 4.69) is 4.98 Å². The lowest BCUT2D eigenvalue weighted by molar-refractivity contribution is 0.0520. The molecule has 6 nitrogen and oxygen atoms in total. The summed E-state index contributed by atoms with van der Waals surface area (Å²) in [6, 6.07) is 0. The van der Waals surface area contributed by atoms with E-state index in [4.69, 9.17) is 4.74 Å². The monoisotopic (exact) mass is 336 g/mol. The summed E-state index contributed by atoms with van der Waals surface area (Å²) in [5, 5.41) is 1.58. The molecule has 112 valence electrons. The Labute approximate surface area is 126 Å². The van der Waals surface area contributed by atoms with Crippen molar-refractivity contribution in [2.45, 2.75) is 12.3 Å². The molecule has 0 N–H and O–H groups in total. The van der Waals surface area contributed by atoms with Crippen LogP contribution in [-0.4, -0.2) is 55.7 Å². The number of sulfone groups is 1. The van der Waals surface area contributed by atoms with Gasteiger partial charge in [0.05, 0.1) is 6.61 Å². The Bertz CT molecular complexity index is 584. The number of esters is 1. The molecule has 1 saturated heterocycles. The van der Waals surface area contributed by atoms with Gasteiger partial charge in [0.15, 0.2) is 20.7 Å². The molecule has 1 aliphatic rings. The van der Waals surface area contributed by atoms with Crippen molar-refractivity contribution in [2.24, 2.45) is 0 Å². The van der Waals surface area contributed by atoms with Crippen LogP contribution in [0.3, 0.4) is 0 Å². The second-order valence-corrected chi connectivity index (χ2v) is 8.48. The van der Waals surface area contributed by atoms with E-state index in [0.717, 1.165) is 5.75 Å². The number of nitrogens with zero attached hydrogens (tertiary/aromatic N) is 2. The first-order chi connectivity index (χ1) is 9.43. The predicted molar refractivity (Wildman–Crippen MR) is 81.4 cm³/mol. The van der Waals surface area contributed by atoms with Gasteiger partial charge in [-0.1, -0.05) is 0 Å². The molecule has 0 aliphatic carbocycles. The molecule has 1 atom stereocenters. The number of aromatic nitrogens is 1. The molecule has 2 heterocycles. The first-order valence-electron chi connectivity index (χ1n) is 6.09. The minimum atomic E-state index is -3.19. The van der Waals surface area contributed by atoms with E-state index in [-0.39, 0.29) is 12.3 Å². The number of rotatable bonds is 4. The third kappa shape index (κ3) is 3.44. The maximum atomic E-state index is 11.8. The van der Waals surface area contributed by atoms with Crippen molar-refractivity contribution in [2.75, 3.05) is 35.8 Å². The number of thiazole rings is 1. The van der Waals surface area contributed by atoms with Crippen LogP contribution < -0.4 is 4.90 Å². The van der Waals surface area contributed by atoms with Gasteiger partial charge in [0.2, 0.25) is 0 Å². The molecular weight excluding hydrogens is 320 g/mol. The summed E-state index contributed by atoms with van der Waals surface area (Å²) in [7, 11) is -3.19. The van der Waals surface area contributed by atoms with E-state index in [1.54, 1.807) is 29.0 Å². The molecule has 1 aromatic rings. The van der Waals surface area contributed by atoms with Gasteiger partial charge in [0.1, 0.15) is 5.37 Å². The molecule has 0 spiro atoms. The van der Waals surface area contributed by atoms with Gasteiger partial charge in [-0.25, -0.2) is 18.2 Å². The largest absolute Gasteiger partial charge is 0.461 e. The predicted octanol–water partition coefficient (Wildman–Crippen LogP) is 1.24. The molecule has 0 amide bonds. The first kappa shape index (κ1) is 15.6. The van der Waals surface area contributed by atoms with Crippen molar-refractivity contribution in [1.82, 2.24) is 4.98 Å². The standard InChI is InChI=1S/C11H16N2O4S3/c1-3-17-10(14)8-6-19-11(12-8)13-4-5-18-7-9(13)20(2,15)16/h6,9H,3-5,7H2,1-2H3. The van der Waals surface area contributed by atoms with Crippen LogP contribution in [0.4, 0.5) is 5.13 Å². The number of ether oxygens (including phenoxy) is 1. The van der Waals surface area contributed by atoms with Gasteiger partial charge in [-0.05, 0) is 6.92 Å². The Kier molecular flexibility index (Phi) is 4.92. The average molecular weight is 336 g/mol. The average Bonchev–Trinajstić information content (AvgIpc) is 2.87. The molecule has 1 fully saturated rings. The number of thioether (sulfide) groups is 1. The lowest BCUT2D eigenvalue weighted by atomic mass is 10.5. The first-order valence-corrected chi connectivity index (χ1v) is 10.1. The van der Waals surface area contributed by atoms with Crippen LogP contribution in [0, 0.1) is 0 Å². The zero-order chi connectivity index (χ0) is 14.8. The van der Waals surface area contributed by atoms with Crippen LogP contribution in [0.25, 0.3) is 0 Å².